The van der Waals surface area contributed by atoms with Crippen LogP contribution < -0.4 is 10.5 Å². The van der Waals surface area contributed by atoms with Gasteiger partial charge in [0.25, 0.3) is 5.91 Å². The Hall–Kier alpha value is -3.82. The van der Waals surface area contributed by atoms with Crippen molar-refractivity contribution >= 4 is 33.5 Å². The van der Waals surface area contributed by atoms with Crippen molar-refractivity contribution in [2.75, 3.05) is 19.4 Å². The number of nitrogen functional groups attached to an aromatic ring is 1. The first kappa shape index (κ1) is 20.1. The molecule has 0 unspecified atom stereocenters. The number of aromatic nitrogens is 3. The zero-order valence-electron chi connectivity index (χ0n) is 17.1. The fourth-order valence-electron chi connectivity index (χ4n) is 4.14. The molecule has 2 aromatic heterocycles. The van der Waals surface area contributed by atoms with Crippen molar-refractivity contribution in [1.29, 1.82) is 0 Å². The number of alkyl halides is 3. The molecule has 0 saturated carbocycles. The maximum Gasteiger partial charge on any atom is 0.416 e. The summed E-state index contributed by atoms with van der Waals surface area (Å²) in [7, 11) is 3.37. The normalized spacial score (nSPS) is 15.7. The molecule has 7 nitrogen and oxygen atoms in total. The van der Waals surface area contributed by atoms with Crippen LogP contribution in [-0.2, 0) is 13.2 Å². The molecule has 1 atom stereocenters. The van der Waals surface area contributed by atoms with E-state index >= 15 is 0 Å². The lowest BCUT2D eigenvalue weighted by Gasteiger charge is -2.24. The van der Waals surface area contributed by atoms with Crippen LogP contribution in [0.1, 0.15) is 27.5 Å². The first-order valence-corrected chi connectivity index (χ1v) is 9.77. The van der Waals surface area contributed by atoms with E-state index in [4.69, 9.17) is 10.5 Å². The minimum Gasteiger partial charge on any atom is -0.491 e. The van der Waals surface area contributed by atoms with Crippen LogP contribution in [0.5, 0.6) is 5.75 Å². The second kappa shape index (κ2) is 6.84. The van der Waals surface area contributed by atoms with Gasteiger partial charge in [-0.1, -0.05) is 6.07 Å². The molecule has 0 radical (unpaired) electrons. The van der Waals surface area contributed by atoms with Gasteiger partial charge in [0.2, 0.25) is 0 Å². The molecule has 0 saturated heterocycles. The highest BCUT2D eigenvalue weighted by Crippen LogP contribution is 2.40. The molecule has 1 amide bonds. The summed E-state index contributed by atoms with van der Waals surface area (Å²) in [5.41, 5.74) is 7.53. The number of nitrogens with zero attached hydrogens (tertiary/aromatic N) is 4. The zero-order valence-corrected chi connectivity index (χ0v) is 17.1. The van der Waals surface area contributed by atoms with Crippen molar-refractivity contribution in [2.45, 2.75) is 12.2 Å². The molecule has 10 heteroatoms. The van der Waals surface area contributed by atoms with E-state index in [0.717, 1.165) is 22.9 Å². The maximum atomic E-state index is 13.2. The number of pyridine rings is 1. The number of hydrogen-bond acceptors (Lipinski definition) is 5. The highest BCUT2D eigenvalue weighted by Gasteiger charge is 2.36. The number of fused-ring (bicyclic) bond motifs is 4. The summed E-state index contributed by atoms with van der Waals surface area (Å²) in [6.45, 7) is 0.0808. The Morgan fingerprint density at radius 2 is 2.00 bits per heavy atom. The van der Waals surface area contributed by atoms with Crippen molar-refractivity contribution in [3.63, 3.8) is 0 Å². The van der Waals surface area contributed by atoms with E-state index < -0.39 is 17.8 Å². The van der Waals surface area contributed by atoms with Gasteiger partial charge in [-0.3, -0.25) is 9.48 Å². The molecule has 5 rings (SSSR count). The van der Waals surface area contributed by atoms with Gasteiger partial charge in [0.05, 0.1) is 23.3 Å². The van der Waals surface area contributed by atoms with Crippen molar-refractivity contribution in [3.05, 3.63) is 59.3 Å². The highest BCUT2D eigenvalue weighted by atomic mass is 19.4. The maximum absolute atomic E-state index is 13.2. The van der Waals surface area contributed by atoms with Gasteiger partial charge in [0.15, 0.2) is 0 Å². The SMILES string of the molecule is CN(C(=O)c1ccc2nc(N)c3c(cnn3C)c2c1)[C@H]1COc2cc(C(F)(F)F)ccc21. The number of carbonyl (C=O) groups is 1. The van der Waals surface area contributed by atoms with E-state index in [0.29, 0.717) is 28.0 Å². The van der Waals surface area contributed by atoms with Gasteiger partial charge in [-0.05, 0) is 30.3 Å². The predicted molar refractivity (Wildman–Crippen MR) is 112 cm³/mol. The molecule has 0 spiro atoms. The van der Waals surface area contributed by atoms with Crippen LogP contribution in [0.3, 0.4) is 0 Å². The number of hydrogen-bond donors (Lipinski definition) is 1. The second-order valence-corrected chi connectivity index (χ2v) is 7.75. The largest absolute Gasteiger partial charge is 0.491 e. The summed E-state index contributed by atoms with van der Waals surface area (Å²) in [5.74, 6) is 0.198. The lowest BCUT2D eigenvalue weighted by atomic mass is 10.0. The molecule has 32 heavy (non-hydrogen) atoms. The average Bonchev–Trinajstić information content (AvgIpc) is 3.35. The number of aryl methyl sites for hydroxylation is 1. The van der Waals surface area contributed by atoms with Gasteiger partial charge in [-0.2, -0.15) is 18.3 Å². The topological polar surface area (TPSA) is 86.3 Å². The molecule has 2 aromatic carbocycles. The Bertz CT molecular complexity index is 1400. The molecule has 4 aromatic rings. The summed E-state index contributed by atoms with van der Waals surface area (Å²) in [5, 5.41) is 5.75. The van der Waals surface area contributed by atoms with E-state index in [1.54, 1.807) is 43.2 Å². The van der Waals surface area contributed by atoms with Crippen LogP contribution in [0.4, 0.5) is 19.0 Å². The van der Waals surface area contributed by atoms with Crippen molar-refractivity contribution < 1.29 is 22.7 Å². The predicted octanol–water partition coefficient (Wildman–Crippen LogP) is 3.93. The second-order valence-electron chi connectivity index (χ2n) is 7.75. The lowest BCUT2D eigenvalue weighted by molar-refractivity contribution is -0.137. The highest BCUT2D eigenvalue weighted by molar-refractivity contribution is 6.10. The third-order valence-electron chi connectivity index (χ3n) is 5.84. The summed E-state index contributed by atoms with van der Waals surface area (Å²) < 4.78 is 46.1. The number of rotatable bonds is 2. The van der Waals surface area contributed by atoms with Crippen LogP contribution in [0.25, 0.3) is 21.8 Å². The van der Waals surface area contributed by atoms with Gasteiger partial charge in [-0.25, -0.2) is 4.98 Å². The van der Waals surface area contributed by atoms with Gasteiger partial charge in [0, 0.05) is 36.0 Å². The number of ether oxygens (including phenoxy) is 1. The van der Waals surface area contributed by atoms with Crippen LogP contribution >= 0.6 is 0 Å². The van der Waals surface area contributed by atoms with Crippen molar-refractivity contribution in [2.24, 2.45) is 7.05 Å². The standard InChI is InChI=1S/C22H18F3N5O2/c1-29(17-10-32-18-8-12(22(23,24)25)4-5-13(17)18)21(31)11-3-6-16-14(7-11)15-9-27-30(2)19(15)20(26)28-16/h3-9,17H,10H2,1-2H3,(H2,26,28)/t17-/m0/s1. The monoisotopic (exact) mass is 441 g/mol. The number of nitrogens with two attached hydrogens (primary N) is 1. The fraction of sp³-hybridized carbons (Fsp3) is 0.227. The Kier molecular flexibility index (Phi) is 4.30. The van der Waals surface area contributed by atoms with E-state index in [1.165, 1.54) is 11.0 Å². The van der Waals surface area contributed by atoms with E-state index in [9.17, 15) is 18.0 Å². The molecular formula is C22H18F3N5O2. The summed E-state index contributed by atoms with van der Waals surface area (Å²) in [6, 6.07) is 7.94. The Labute approximate surface area is 180 Å². The molecule has 0 aliphatic carbocycles. The number of carbonyl (C=O) groups excluding carboxylic acids is 1. The van der Waals surface area contributed by atoms with Crippen LogP contribution in [0.2, 0.25) is 0 Å². The first-order chi connectivity index (χ1) is 15.1. The van der Waals surface area contributed by atoms with Gasteiger partial charge >= 0.3 is 6.18 Å². The number of halogens is 3. The molecular weight excluding hydrogens is 423 g/mol. The number of amides is 1. The molecule has 1 aliphatic heterocycles. The molecule has 3 heterocycles. The van der Waals surface area contributed by atoms with E-state index in [2.05, 4.69) is 10.1 Å². The first-order valence-electron chi connectivity index (χ1n) is 9.77. The fourth-order valence-corrected chi connectivity index (χ4v) is 4.14. The summed E-state index contributed by atoms with van der Waals surface area (Å²) in [4.78, 5) is 19.1. The smallest absolute Gasteiger partial charge is 0.416 e. The van der Waals surface area contributed by atoms with Crippen LogP contribution in [0.15, 0.2) is 42.6 Å². The van der Waals surface area contributed by atoms with Crippen molar-refractivity contribution in [3.8, 4) is 5.75 Å². The van der Waals surface area contributed by atoms with Crippen LogP contribution in [0, 0.1) is 0 Å². The Balaban J connectivity index is 1.50. The molecule has 2 N–H and O–H groups in total. The molecule has 0 fully saturated rings. The number of likely N-dealkylation sites (N-methyl/N-ethyl adjacent to an activating group) is 1. The minimum absolute atomic E-state index is 0.0808. The van der Waals surface area contributed by atoms with Crippen molar-refractivity contribution in [1.82, 2.24) is 19.7 Å². The zero-order chi connectivity index (χ0) is 22.8. The third kappa shape index (κ3) is 3.02. The quantitative estimate of drug-likeness (QED) is 0.510. The summed E-state index contributed by atoms with van der Waals surface area (Å²) >= 11 is 0. The number of anilines is 1. The third-order valence-corrected chi connectivity index (χ3v) is 5.84. The summed E-state index contributed by atoms with van der Waals surface area (Å²) in [6.07, 6.45) is -2.79. The van der Waals surface area contributed by atoms with Gasteiger partial charge in [0.1, 0.15) is 23.7 Å². The van der Waals surface area contributed by atoms with E-state index in [-0.39, 0.29) is 18.3 Å². The Morgan fingerprint density at radius 3 is 2.75 bits per heavy atom. The molecule has 0 bridgehead atoms. The minimum atomic E-state index is -4.46. The molecule has 164 valence electrons. The lowest BCUT2D eigenvalue weighted by Crippen LogP contribution is -2.32. The van der Waals surface area contributed by atoms with Crippen LogP contribution in [-0.4, -0.2) is 39.2 Å². The average molecular weight is 441 g/mol. The van der Waals surface area contributed by atoms with Gasteiger partial charge in [-0.15, -0.1) is 0 Å². The van der Waals surface area contributed by atoms with Gasteiger partial charge < -0.3 is 15.4 Å². The van der Waals surface area contributed by atoms with E-state index in [1.807, 2.05) is 0 Å². The number of benzene rings is 2. The molecule has 1 aliphatic rings. The Morgan fingerprint density at radius 1 is 1.22 bits per heavy atom.